The van der Waals surface area contributed by atoms with Crippen LogP contribution >= 0.6 is 22.7 Å². The van der Waals surface area contributed by atoms with Gasteiger partial charge in [-0.1, -0.05) is 0 Å². The summed E-state index contributed by atoms with van der Waals surface area (Å²) in [4.78, 5) is 22.8. The number of aromatic carboxylic acids is 1. The van der Waals surface area contributed by atoms with Gasteiger partial charge < -0.3 is 9.84 Å². The zero-order valence-corrected chi connectivity index (χ0v) is 13.1. The number of rotatable bonds is 4. The zero-order valence-electron chi connectivity index (χ0n) is 11.5. The number of ether oxygens (including phenoxy) is 1. The number of carboxylic acids is 1. The summed E-state index contributed by atoms with van der Waals surface area (Å²) in [6, 6.07) is 0. The van der Waals surface area contributed by atoms with Gasteiger partial charge in [-0.3, -0.25) is 4.90 Å². The molecule has 1 aliphatic heterocycles. The largest absolute Gasteiger partial charge is 0.476 e. The highest BCUT2D eigenvalue weighted by molar-refractivity contribution is 7.11. The van der Waals surface area contributed by atoms with Crippen molar-refractivity contribution in [1.82, 2.24) is 14.9 Å². The van der Waals surface area contributed by atoms with Crippen molar-refractivity contribution in [3.63, 3.8) is 0 Å². The van der Waals surface area contributed by atoms with Crippen molar-refractivity contribution in [3.05, 3.63) is 32.2 Å². The number of aryl methyl sites for hydroxylation is 1. The molecule has 0 aromatic carbocycles. The molecule has 0 amide bonds. The zero-order chi connectivity index (χ0) is 14.8. The van der Waals surface area contributed by atoms with E-state index in [2.05, 4.69) is 14.9 Å². The van der Waals surface area contributed by atoms with Gasteiger partial charge >= 0.3 is 5.97 Å². The molecule has 21 heavy (non-hydrogen) atoms. The molecule has 3 heterocycles. The standard InChI is InChI=1S/C13H15N3O3S2/c1-8-14-4-9(21-8)5-16-2-3-19-11(6-16)12-15-10(7-20-12)13(17)18/h4,7,11H,2-3,5-6H2,1H3,(H,17,18). The van der Waals surface area contributed by atoms with Gasteiger partial charge in [0.2, 0.25) is 0 Å². The molecule has 1 fully saturated rings. The molecule has 0 aliphatic carbocycles. The number of thiazole rings is 2. The van der Waals surface area contributed by atoms with Crippen molar-refractivity contribution in [3.8, 4) is 0 Å². The molecule has 6 nitrogen and oxygen atoms in total. The van der Waals surface area contributed by atoms with Crippen molar-refractivity contribution in [2.75, 3.05) is 19.7 Å². The summed E-state index contributed by atoms with van der Waals surface area (Å²) in [6.07, 6.45) is 1.77. The second-order valence-electron chi connectivity index (χ2n) is 4.82. The van der Waals surface area contributed by atoms with Crippen LogP contribution in [0.5, 0.6) is 0 Å². The Kier molecular flexibility index (Phi) is 4.29. The molecule has 2 aromatic rings. The van der Waals surface area contributed by atoms with E-state index in [9.17, 15) is 4.79 Å². The second-order valence-corrected chi connectivity index (χ2v) is 7.03. The summed E-state index contributed by atoms with van der Waals surface area (Å²) in [5.74, 6) is -0.995. The molecular weight excluding hydrogens is 310 g/mol. The van der Waals surface area contributed by atoms with E-state index in [1.165, 1.54) is 16.2 Å². The van der Waals surface area contributed by atoms with Crippen LogP contribution in [0.15, 0.2) is 11.6 Å². The van der Waals surface area contributed by atoms with Crippen LogP contribution in [0.2, 0.25) is 0 Å². The third-order valence-electron chi connectivity index (χ3n) is 3.22. The van der Waals surface area contributed by atoms with Gasteiger partial charge in [-0.2, -0.15) is 0 Å². The molecule has 0 bridgehead atoms. The van der Waals surface area contributed by atoms with Crippen LogP contribution in [0.3, 0.4) is 0 Å². The molecule has 1 atom stereocenters. The fraction of sp³-hybridized carbons (Fsp3) is 0.462. The fourth-order valence-electron chi connectivity index (χ4n) is 2.23. The molecule has 1 N–H and O–H groups in total. The van der Waals surface area contributed by atoms with Crippen LogP contribution < -0.4 is 0 Å². The van der Waals surface area contributed by atoms with Gasteiger partial charge in [0.15, 0.2) is 5.69 Å². The number of aromatic nitrogens is 2. The smallest absolute Gasteiger partial charge is 0.355 e. The SMILES string of the molecule is Cc1ncc(CN2CCOC(c3nc(C(=O)O)cs3)C2)s1. The highest BCUT2D eigenvalue weighted by Gasteiger charge is 2.25. The normalized spacial score (nSPS) is 19.8. The highest BCUT2D eigenvalue weighted by Crippen LogP contribution is 2.26. The molecule has 0 spiro atoms. The van der Waals surface area contributed by atoms with Crippen molar-refractivity contribution in [1.29, 1.82) is 0 Å². The van der Waals surface area contributed by atoms with E-state index in [4.69, 9.17) is 9.84 Å². The van der Waals surface area contributed by atoms with Crippen LogP contribution in [-0.2, 0) is 11.3 Å². The van der Waals surface area contributed by atoms with Crippen molar-refractivity contribution < 1.29 is 14.6 Å². The van der Waals surface area contributed by atoms with Gasteiger partial charge in [-0.25, -0.2) is 14.8 Å². The minimum absolute atomic E-state index is 0.0915. The van der Waals surface area contributed by atoms with E-state index < -0.39 is 5.97 Å². The Hall–Kier alpha value is -1.35. The quantitative estimate of drug-likeness (QED) is 0.928. The number of nitrogens with zero attached hydrogens (tertiary/aromatic N) is 3. The molecule has 2 aromatic heterocycles. The molecule has 112 valence electrons. The highest BCUT2D eigenvalue weighted by atomic mass is 32.1. The third-order valence-corrected chi connectivity index (χ3v) is 5.05. The van der Waals surface area contributed by atoms with Gasteiger partial charge in [0, 0.05) is 36.1 Å². The maximum Gasteiger partial charge on any atom is 0.355 e. The van der Waals surface area contributed by atoms with Gasteiger partial charge in [-0.05, 0) is 6.92 Å². The Morgan fingerprint density at radius 3 is 3.14 bits per heavy atom. The summed E-state index contributed by atoms with van der Waals surface area (Å²) in [7, 11) is 0. The Bertz CT molecular complexity index is 640. The molecule has 1 saturated heterocycles. The number of carbonyl (C=O) groups is 1. The van der Waals surface area contributed by atoms with Crippen LogP contribution in [-0.4, -0.2) is 45.6 Å². The van der Waals surface area contributed by atoms with Crippen LogP contribution in [0, 0.1) is 6.92 Å². The summed E-state index contributed by atoms with van der Waals surface area (Å²) in [6.45, 7) is 5.07. The predicted octanol–water partition coefficient (Wildman–Crippen LogP) is 2.18. The summed E-state index contributed by atoms with van der Waals surface area (Å²) in [5, 5.41) is 12.3. The summed E-state index contributed by atoms with van der Waals surface area (Å²) in [5.41, 5.74) is 0.0915. The lowest BCUT2D eigenvalue weighted by atomic mass is 10.2. The summed E-state index contributed by atoms with van der Waals surface area (Å²) < 4.78 is 5.73. The van der Waals surface area contributed by atoms with E-state index >= 15 is 0 Å². The maximum atomic E-state index is 10.9. The lowest BCUT2D eigenvalue weighted by Crippen LogP contribution is -2.37. The minimum atomic E-state index is -0.995. The molecule has 8 heteroatoms. The fourth-order valence-corrected chi connectivity index (χ4v) is 3.90. The van der Waals surface area contributed by atoms with Crippen molar-refractivity contribution >= 4 is 28.6 Å². The average Bonchev–Trinajstić information content (AvgIpc) is 3.08. The van der Waals surface area contributed by atoms with Crippen LogP contribution in [0.4, 0.5) is 0 Å². The first-order chi connectivity index (χ1) is 10.1. The number of morpholine rings is 1. The first kappa shape index (κ1) is 14.6. The lowest BCUT2D eigenvalue weighted by molar-refractivity contribution is -0.0327. The Morgan fingerprint density at radius 2 is 2.48 bits per heavy atom. The molecule has 1 unspecified atom stereocenters. The molecule has 1 aliphatic rings. The van der Waals surface area contributed by atoms with Gasteiger partial charge in [0.05, 0.1) is 11.6 Å². The van der Waals surface area contributed by atoms with E-state index in [0.717, 1.165) is 29.6 Å². The molecular formula is C13H15N3O3S2. The Balaban J connectivity index is 1.66. The molecule has 0 saturated carbocycles. The van der Waals surface area contributed by atoms with E-state index in [1.807, 2.05) is 13.1 Å². The predicted molar refractivity (Wildman–Crippen MR) is 79.9 cm³/mol. The van der Waals surface area contributed by atoms with E-state index in [-0.39, 0.29) is 11.8 Å². The number of hydrogen-bond acceptors (Lipinski definition) is 7. The first-order valence-electron chi connectivity index (χ1n) is 6.56. The van der Waals surface area contributed by atoms with Crippen molar-refractivity contribution in [2.24, 2.45) is 0 Å². The van der Waals surface area contributed by atoms with Gasteiger partial charge in [-0.15, -0.1) is 22.7 Å². The van der Waals surface area contributed by atoms with Crippen molar-refractivity contribution in [2.45, 2.75) is 19.6 Å². The number of hydrogen-bond donors (Lipinski definition) is 1. The summed E-state index contributed by atoms with van der Waals surface area (Å²) >= 11 is 3.05. The van der Waals surface area contributed by atoms with E-state index in [0.29, 0.717) is 6.61 Å². The minimum Gasteiger partial charge on any atom is -0.476 e. The first-order valence-corrected chi connectivity index (χ1v) is 8.25. The van der Waals surface area contributed by atoms with E-state index in [1.54, 1.807) is 16.7 Å². The topological polar surface area (TPSA) is 75.5 Å². The Labute approximate surface area is 130 Å². The monoisotopic (exact) mass is 325 g/mol. The third kappa shape index (κ3) is 3.46. The average molecular weight is 325 g/mol. The molecule has 3 rings (SSSR count). The lowest BCUT2D eigenvalue weighted by Gasteiger charge is -2.31. The Morgan fingerprint density at radius 1 is 1.62 bits per heavy atom. The van der Waals surface area contributed by atoms with Crippen LogP contribution in [0.1, 0.15) is 31.5 Å². The van der Waals surface area contributed by atoms with Gasteiger partial charge in [0.1, 0.15) is 11.1 Å². The van der Waals surface area contributed by atoms with Crippen LogP contribution in [0.25, 0.3) is 0 Å². The second kappa shape index (κ2) is 6.18. The van der Waals surface area contributed by atoms with Gasteiger partial charge in [0.25, 0.3) is 0 Å². The number of carboxylic acid groups (broad SMARTS) is 1. The molecule has 0 radical (unpaired) electrons. The maximum absolute atomic E-state index is 10.9.